The van der Waals surface area contributed by atoms with E-state index < -0.39 is 38.8 Å². The van der Waals surface area contributed by atoms with E-state index in [2.05, 4.69) is 0 Å². The minimum atomic E-state index is -4.10. The summed E-state index contributed by atoms with van der Waals surface area (Å²) in [4.78, 5) is 34.7. The average Bonchev–Trinajstić information content (AvgIpc) is 2.99. The molecule has 11 heteroatoms. The van der Waals surface area contributed by atoms with Crippen LogP contribution >= 0.6 is 0 Å². The third kappa shape index (κ3) is 3.83. The quantitative estimate of drug-likeness (QED) is 0.557. The molecular formula is C15H19N3O7S. The molecule has 0 aliphatic carbocycles. The van der Waals surface area contributed by atoms with Crippen LogP contribution < -0.4 is 0 Å². The number of hydrogen-bond acceptors (Lipinski definition) is 6. The number of amides is 1. The molecule has 1 atom stereocenters. The second kappa shape index (κ2) is 7.00. The van der Waals surface area contributed by atoms with Gasteiger partial charge in [-0.05, 0) is 19.4 Å². The van der Waals surface area contributed by atoms with E-state index in [9.17, 15) is 33.2 Å². The van der Waals surface area contributed by atoms with Crippen LogP contribution in [0.3, 0.4) is 0 Å². The van der Waals surface area contributed by atoms with Crippen LogP contribution in [0.1, 0.15) is 13.3 Å². The molecule has 0 radical (unpaired) electrons. The summed E-state index contributed by atoms with van der Waals surface area (Å²) >= 11 is 0. The number of nitro benzene ring substituents is 1. The van der Waals surface area contributed by atoms with E-state index in [1.807, 2.05) is 0 Å². The lowest BCUT2D eigenvalue weighted by molar-refractivity contribution is -0.385. The van der Waals surface area contributed by atoms with Crippen LogP contribution in [0.15, 0.2) is 29.2 Å². The Kier molecular flexibility index (Phi) is 5.33. The Morgan fingerprint density at radius 2 is 2.08 bits per heavy atom. The standard InChI is InChI=1S/C15H19N3O7S/c1-15(14(20)21)6-7-17(10-15)13(19)9-16(2)26(24,25)12-5-3-4-11(8-12)18(22)23/h3-5,8H,6-7,9-10H2,1-2H3,(H,20,21). The maximum Gasteiger partial charge on any atom is 0.311 e. The van der Waals surface area contributed by atoms with Crippen molar-refractivity contribution in [3.8, 4) is 0 Å². The van der Waals surface area contributed by atoms with E-state index in [4.69, 9.17) is 0 Å². The summed E-state index contributed by atoms with van der Waals surface area (Å²) < 4.78 is 25.9. The van der Waals surface area contributed by atoms with Gasteiger partial charge in [-0.3, -0.25) is 19.7 Å². The highest BCUT2D eigenvalue weighted by Crippen LogP contribution is 2.30. The zero-order chi connectivity index (χ0) is 19.7. The molecule has 1 heterocycles. The molecule has 1 N–H and O–H groups in total. The SMILES string of the molecule is CN(CC(=O)N1CCC(C)(C(=O)O)C1)S(=O)(=O)c1cccc([N+](=O)[O-])c1. The molecule has 1 aliphatic heterocycles. The number of likely N-dealkylation sites (N-methyl/N-ethyl adjacent to an activating group) is 1. The number of nitrogens with zero attached hydrogens (tertiary/aromatic N) is 3. The number of rotatable bonds is 6. The highest BCUT2D eigenvalue weighted by molar-refractivity contribution is 7.89. The topological polar surface area (TPSA) is 138 Å². The van der Waals surface area contributed by atoms with Crippen LogP contribution in [0.5, 0.6) is 0 Å². The lowest BCUT2D eigenvalue weighted by atomic mass is 9.90. The molecule has 0 saturated carbocycles. The summed E-state index contributed by atoms with van der Waals surface area (Å²) in [6.07, 6.45) is 0.287. The number of carbonyl (C=O) groups excluding carboxylic acids is 1. The predicted molar refractivity (Wildman–Crippen MR) is 89.9 cm³/mol. The minimum Gasteiger partial charge on any atom is -0.481 e. The molecule has 0 bridgehead atoms. The van der Waals surface area contributed by atoms with E-state index in [-0.39, 0.29) is 30.1 Å². The van der Waals surface area contributed by atoms with Crippen molar-refractivity contribution in [2.24, 2.45) is 5.41 Å². The molecule has 1 aromatic rings. The first-order chi connectivity index (χ1) is 12.0. The van der Waals surface area contributed by atoms with Crippen LogP contribution in [0.2, 0.25) is 0 Å². The van der Waals surface area contributed by atoms with Crippen LogP contribution in [0.25, 0.3) is 0 Å². The number of carboxylic acid groups (broad SMARTS) is 1. The molecule has 1 fully saturated rings. The van der Waals surface area contributed by atoms with E-state index in [1.165, 1.54) is 37.1 Å². The zero-order valence-electron chi connectivity index (χ0n) is 14.3. The van der Waals surface area contributed by atoms with Crippen LogP contribution in [-0.4, -0.2) is 66.2 Å². The molecule has 142 valence electrons. The van der Waals surface area contributed by atoms with Crippen LogP contribution in [0.4, 0.5) is 5.69 Å². The summed E-state index contributed by atoms with van der Waals surface area (Å²) in [6.45, 7) is 1.28. The van der Waals surface area contributed by atoms with E-state index in [1.54, 1.807) is 0 Å². The first kappa shape index (κ1) is 19.8. The Bertz CT molecular complexity index is 855. The third-order valence-corrected chi connectivity index (χ3v) is 6.24. The van der Waals surface area contributed by atoms with Crippen molar-refractivity contribution in [1.29, 1.82) is 0 Å². The second-order valence-corrected chi connectivity index (χ2v) is 8.49. The van der Waals surface area contributed by atoms with Gasteiger partial charge in [0.1, 0.15) is 0 Å². The maximum absolute atomic E-state index is 12.5. The lowest BCUT2D eigenvalue weighted by Gasteiger charge is -2.23. The molecule has 1 unspecified atom stereocenters. The van der Waals surface area contributed by atoms with Crippen molar-refractivity contribution >= 4 is 27.6 Å². The minimum absolute atomic E-state index is 0.00582. The number of hydrogen-bond donors (Lipinski definition) is 1. The molecule has 26 heavy (non-hydrogen) atoms. The zero-order valence-corrected chi connectivity index (χ0v) is 15.1. The molecule has 2 rings (SSSR count). The smallest absolute Gasteiger partial charge is 0.311 e. The molecule has 1 saturated heterocycles. The van der Waals surface area contributed by atoms with Crippen LogP contribution in [-0.2, 0) is 19.6 Å². The van der Waals surface area contributed by atoms with Gasteiger partial charge in [-0.1, -0.05) is 6.07 Å². The van der Waals surface area contributed by atoms with Crippen molar-refractivity contribution in [1.82, 2.24) is 9.21 Å². The molecule has 0 aromatic heterocycles. The van der Waals surface area contributed by atoms with Gasteiger partial charge in [0, 0.05) is 32.3 Å². The number of aliphatic carboxylic acids is 1. The van der Waals surface area contributed by atoms with E-state index >= 15 is 0 Å². The van der Waals surface area contributed by atoms with Gasteiger partial charge >= 0.3 is 5.97 Å². The van der Waals surface area contributed by atoms with E-state index in [0.717, 1.165) is 10.4 Å². The van der Waals surface area contributed by atoms with Gasteiger partial charge in [0.2, 0.25) is 15.9 Å². The first-order valence-electron chi connectivity index (χ1n) is 7.69. The summed E-state index contributed by atoms with van der Waals surface area (Å²) in [6, 6.07) is 4.55. The summed E-state index contributed by atoms with van der Waals surface area (Å²) in [5.41, 5.74) is -1.42. The van der Waals surface area contributed by atoms with Gasteiger partial charge in [0.05, 0.1) is 21.8 Å². The molecule has 1 amide bonds. The van der Waals surface area contributed by atoms with Gasteiger partial charge in [-0.25, -0.2) is 8.42 Å². The van der Waals surface area contributed by atoms with Gasteiger partial charge in [-0.2, -0.15) is 4.31 Å². The Morgan fingerprint density at radius 1 is 1.42 bits per heavy atom. The largest absolute Gasteiger partial charge is 0.481 e. The van der Waals surface area contributed by atoms with E-state index in [0.29, 0.717) is 0 Å². The van der Waals surface area contributed by atoms with Crippen molar-refractivity contribution in [3.63, 3.8) is 0 Å². The Hall–Kier alpha value is -2.53. The second-order valence-electron chi connectivity index (χ2n) is 6.45. The number of carboxylic acids is 1. The number of likely N-dealkylation sites (tertiary alicyclic amines) is 1. The van der Waals surface area contributed by atoms with Crippen molar-refractivity contribution in [2.75, 3.05) is 26.7 Å². The molecular weight excluding hydrogens is 366 g/mol. The first-order valence-corrected chi connectivity index (χ1v) is 9.13. The van der Waals surface area contributed by atoms with Crippen LogP contribution in [0, 0.1) is 15.5 Å². The molecule has 10 nitrogen and oxygen atoms in total. The third-order valence-electron chi connectivity index (χ3n) is 4.44. The van der Waals surface area contributed by atoms with Gasteiger partial charge in [-0.15, -0.1) is 0 Å². The fourth-order valence-electron chi connectivity index (χ4n) is 2.66. The fraction of sp³-hybridized carbons (Fsp3) is 0.467. The number of carbonyl (C=O) groups is 2. The van der Waals surface area contributed by atoms with Gasteiger partial charge in [0.25, 0.3) is 5.69 Å². The fourth-order valence-corrected chi connectivity index (χ4v) is 3.82. The Balaban J connectivity index is 2.12. The number of benzene rings is 1. The maximum atomic E-state index is 12.5. The number of sulfonamides is 1. The van der Waals surface area contributed by atoms with Gasteiger partial charge < -0.3 is 10.0 Å². The van der Waals surface area contributed by atoms with Crippen molar-refractivity contribution < 1.29 is 28.0 Å². The Labute approximate surface area is 150 Å². The van der Waals surface area contributed by atoms with Crippen molar-refractivity contribution in [2.45, 2.75) is 18.2 Å². The Morgan fingerprint density at radius 3 is 2.62 bits per heavy atom. The molecule has 1 aromatic carbocycles. The average molecular weight is 385 g/mol. The predicted octanol–water partition coefficient (Wildman–Crippen LogP) is 0.539. The monoisotopic (exact) mass is 385 g/mol. The number of nitro groups is 1. The highest BCUT2D eigenvalue weighted by Gasteiger charge is 2.42. The van der Waals surface area contributed by atoms with Gasteiger partial charge in [0.15, 0.2) is 0 Å². The highest BCUT2D eigenvalue weighted by atomic mass is 32.2. The van der Waals surface area contributed by atoms with Crippen molar-refractivity contribution in [3.05, 3.63) is 34.4 Å². The number of non-ortho nitro benzene ring substituents is 1. The summed E-state index contributed by atoms with van der Waals surface area (Å²) in [5, 5.41) is 20.0. The molecule has 0 spiro atoms. The lowest BCUT2D eigenvalue weighted by Crippen LogP contribution is -2.41. The summed E-state index contributed by atoms with van der Waals surface area (Å²) in [7, 11) is -2.91. The normalized spacial score (nSPS) is 20.3. The summed E-state index contributed by atoms with van der Waals surface area (Å²) in [5.74, 6) is -1.53. The molecule has 1 aliphatic rings.